The molecule has 1 aliphatic rings. The van der Waals surface area contributed by atoms with Crippen molar-refractivity contribution in [1.82, 2.24) is 0 Å². The van der Waals surface area contributed by atoms with Crippen molar-refractivity contribution in [3.63, 3.8) is 0 Å². The average Bonchev–Trinajstić information content (AvgIpc) is 2.58. The Labute approximate surface area is 155 Å². The number of amides is 1. The molecule has 0 saturated heterocycles. The number of benzene rings is 2. The number of nitrogens with zero attached hydrogens (tertiary/aromatic N) is 1. The first-order chi connectivity index (χ1) is 11.6. The van der Waals surface area contributed by atoms with Crippen molar-refractivity contribution in [2.75, 3.05) is 18.1 Å². The van der Waals surface area contributed by atoms with Crippen LogP contribution in [0.5, 0.6) is 5.75 Å². The molecule has 2 aromatic rings. The van der Waals surface area contributed by atoms with Gasteiger partial charge in [-0.05, 0) is 67.3 Å². The van der Waals surface area contributed by atoms with E-state index in [1.165, 1.54) is 5.56 Å². The minimum absolute atomic E-state index is 0.212. The highest BCUT2D eigenvalue weighted by Gasteiger charge is 2.23. The van der Waals surface area contributed by atoms with Gasteiger partial charge in [0.15, 0.2) is 0 Å². The summed E-state index contributed by atoms with van der Waals surface area (Å²) in [5.41, 5.74) is 2.29. The molecule has 1 amide bonds. The number of fused-ring (bicyclic) bond motifs is 1. The molecule has 0 aliphatic carbocycles. The zero-order valence-electron chi connectivity index (χ0n) is 13.3. The summed E-state index contributed by atoms with van der Waals surface area (Å²) in [6, 6.07) is 13.5. The van der Waals surface area contributed by atoms with Crippen molar-refractivity contribution in [1.29, 1.82) is 0 Å². The van der Waals surface area contributed by atoms with Crippen LogP contribution in [0, 0.1) is 0 Å². The molecule has 0 fully saturated rings. The quantitative estimate of drug-likeness (QED) is 0.612. The Balaban J connectivity index is 1.50. The predicted octanol–water partition coefficient (Wildman–Crippen LogP) is 5.24. The molecule has 0 unspecified atom stereocenters. The minimum atomic E-state index is 0.212. The highest BCUT2D eigenvalue weighted by Crippen LogP contribution is 2.30. The summed E-state index contributed by atoms with van der Waals surface area (Å²) in [6.07, 6.45) is 3.22. The predicted molar refractivity (Wildman–Crippen MR) is 101 cm³/mol. The van der Waals surface area contributed by atoms with E-state index in [9.17, 15) is 4.79 Å². The van der Waals surface area contributed by atoms with E-state index in [-0.39, 0.29) is 5.91 Å². The monoisotopic (exact) mass is 407 g/mol. The van der Waals surface area contributed by atoms with E-state index in [0.717, 1.165) is 41.7 Å². The first-order valence-electron chi connectivity index (χ1n) is 8.10. The highest BCUT2D eigenvalue weighted by molar-refractivity contribution is 9.10. The summed E-state index contributed by atoms with van der Waals surface area (Å²) in [5, 5.41) is 0.705. The summed E-state index contributed by atoms with van der Waals surface area (Å²) >= 11 is 9.35. The number of carbonyl (C=O) groups excluding carboxylic acids is 1. The van der Waals surface area contributed by atoms with E-state index in [0.29, 0.717) is 18.1 Å². The van der Waals surface area contributed by atoms with Crippen LogP contribution < -0.4 is 9.64 Å². The first kappa shape index (κ1) is 17.3. The van der Waals surface area contributed by atoms with Gasteiger partial charge in [-0.15, -0.1) is 0 Å². The Morgan fingerprint density at radius 2 is 1.88 bits per heavy atom. The van der Waals surface area contributed by atoms with Crippen LogP contribution in [0.25, 0.3) is 0 Å². The zero-order chi connectivity index (χ0) is 16.9. The lowest BCUT2D eigenvalue weighted by molar-refractivity contribution is -0.118. The standard InChI is InChI=1S/C19H19BrClNO2/c20-15-4-9-18-14(13-15)3-10-19(23)22(18)11-1-2-12-24-17-7-5-16(21)6-8-17/h4-9,13H,1-3,10-12H2. The number of ether oxygens (including phenoxy) is 1. The van der Waals surface area contributed by atoms with Gasteiger partial charge in [-0.2, -0.15) is 0 Å². The highest BCUT2D eigenvalue weighted by atomic mass is 79.9. The summed E-state index contributed by atoms with van der Waals surface area (Å²) in [5.74, 6) is 1.03. The number of rotatable bonds is 6. The molecule has 2 aromatic carbocycles. The Morgan fingerprint density at radius 3 is 2.67 bits per heavy atom. The fourth-order valence-corrected chi connectivity index (χ4v) is 3.40. The van der Waals surface area contributed by atoms with Gasteiger partial charge in [0.1, 0.15) is 5.75 Å². The molecular weight excluding hydrogens is 390 g/mol. The van der Waals surface area contributed by atoms with Gasteiger partial charge < -0.3 is 9.64 Å². The van der Waals surface area contributed by atoms with Gasteiger partial charge in [0.2, 0.25) is 5.91 Å². The maximum absolute atomic E-state index is 12.2. The molecule has 0 N–H and O–H groups in total. The average molecular weight is 409 g/mol. The Morgan fingerprint density at radius 1 is 1.08 bits per heavy atom. The van der Waals surface area contributed by atoms with Crippen molar-refractivity contribution >= 4 is 39.1 Å². The molecular formula is C19H19BrClNO2. The van der Waals surface area contributed by atoms with Crippen molar-refractivity contribution in [2.24, 2.45) is 0 Å². The number of aryl methyl sites for hydroxylation is 1. The molecule has 5 heteroatoms. The van der Waals surface area contributed by atoms with Gasteiger partial charge in [0, 0.05) is 28.1 Å². The van der Waals surface area contributed by atoms with Gasteiger partial charge in [0.25, 0.3) is 0 Å². The molecule has 0 bridgehead atoms. The number of anilines is 1. The molecule has 1 heterocycles. The number of unbranched alkanes of at least 4 members (excludes halogenated alkanes) is 1. The molecule has 0 atom stereocenters. The van der Waals surface area contributed by atoms with Gasteiger partial charge >= 0.3 is 0 Å². The molecule has 24 heavy (non-hydrogen) atoms. The summed E-state index contributed by atoms with van der Waals surface area (Å²) < 4.78 is 6.76. The normalized spacial score (nSPS) is 13.8. The van der Waals surface area contributed by atoms with Crippen LogP contribution >= 0.6 is 27.5 Å². The van der Waals surface area contributed by atoms with Crippen LogP contribution in [0.3, 0.4) is 0 Å². The van der Waals surface area contributed by atoms with Crippen molar-refractivity contribution in [3.8, 4) is 5.75 Å². The molecule has 3 nitrogen and oxygen atoms in total. The maximum atomic E-state index is 12.2. The molecule has 0 radical (unpaired) electrons. The molecule has 0 aromatic heterocycles. The third-order valence-corrected chi connectivity index (χ3v) is 4.85. The third kappa shape index (κ3) is 4.31. The topological polar surface area (TPSA) is 29.5 Å². The number of carbonyl (C=O) groups is 1. The van der Waals surface area contributed by atoms with Gasteiger partial charge in [0.05, 0.1) is 6.61 Å². The Bertz CT molecular complexity index is 718. The summed E-state index contributed by atoms with van der Waals surface area (Å²) in [4.78, 5) is 14.1. The second-order valence-corrected chi connectivity index (χ2v) is 7.18. The number of halogens is 2. The second-order valence-electron chi connectivity index (χ2n) is 5.83. The fourth-order valence-electron chi connectivity index (χ4n) is 2.87. The third-order valence-electron chi connectivity index (χ3n) is 4.10. The van der Waals surface area contributed by atoms with Crippen molar-refractivity contribution in [2.45, 2.75) is 25.7 Å². The number of hydrogen-bond acceptors (Lipinski definition) is 2. The molecule has 3 rings (SSSR count). The number of hydrogen-bond donors (Lipinski definition) is 0. The lowest BCUT2D eigenvalue weighted by Gasteiger charge is -2.29. The SMILES string of the molecule is O=C1CCc2cc(Br)ccc2N1CCCCOc1ccc(Cl)cc1. The lowest BCUT2D eigenvalue weighted by atomic mass is 10.0. The minimum Gasteiger partial charge on any atom is -0.494 e. The molecule has 0 saturated carbocycles. The van der Waals surface area contributed by atoms with Crippen LogP contribution in [-0.2, 0) is 11.2 Å². The van der Waals surface area contributed by atoms with E-state index >= 15 is 0 Å². The smallest absolute Gasteiger partial charge is 0.227 e. The largest absolute Gasteiger partial charge is 0.494 e. The molecule has 0 spiro atoms. The van der Waals surface area contributed by atoms with Crippen LogP contribution in [0.4, 0.5) is 5.69 Å². The summed E-state index contributed by atoms with van der Waals surface area (Å²) in [6.45, 7) is 1.37. The first-order valence-corrected chi connectivity index (χ1v) is 9.28. The lowest BCUT2D eigenvalue weighted by Crippen LogP contribution is -2.36. The van der Waals surface area contributed by atoms with Crippen LogP contribution in [-0.4, -0.2) is 19.1 Å². The van der Waals surface area contributed by atoms with Crippen LogP contribution in [0.15, 0.2) is 46.9 Å². The van der Waals surface area contributed by atoms with E-state index in [2.05, 4.69) is 22.0 Å². The van der Waals surface area contributed by atoms with E-state index in [1.54, 1.807) is 0 Å². The second kappa shape index (κ2) is 8.04. The van der Waals surface area contributed by atoms with Gasteiger partial charge in [-0.3, -0.25) is 4.79 Å². The molecule has 1 aliphatic heterocycles. The van der Waals surface area contributed by atoms with E-state index < -0.39 is 0 Å². The van der Waals surface area contributed by atoms with E-state index in [4.69, 9.17) is 16.3 Å². The Kier molecular flexibility index (Phi) is 5.80. The Hall–Kier alpha value is -1.52. The van der Waals surface area contributed by atoms with E-state index in [1.807, 2.05) is 41.3 Å². The summed E-state index contributed by atoms with van der Waals surface area (Å²) in [7, 11) is 0. The fraction of sp³-hybridized carbons (Fsp3) is 0.316. The maximum Gasteiger partial charge on any atom is 0.227 e. The molecule has 126 valence electrons. The van der Waals surface area contributed by atoms with Crippen molar-refractivity contribution < 1.29 is 9.53 Å². The van der Waals surface area contributed by atoms with Crippen LogP contribution in [0.1, 0.15) is 24.8 Å². The van der Waals surface area contributed by atoms with Crippen LogP contribution in [0.2, 0.25) is 5.02 Å². The van der Waals surface area contributed by atoms with Gasteiger partial charge in [-0.25, -0.2) is 0 Å². The van der Waals surface area contributed by atoms with Gasteiger partial charge in [-0.1, -0.05) is 27.5 Å². The zero-order valence-corrected chi connectivity index (χ0v) is 15.6. The van der Waals surface area contributed by atoms with Crippen molar-refractivity contribution in [3.05, 3.63) is 57.5 Å².